The Morgan fingerprint density at radius 2 is 1.90 bits per heavy atom. The quantitative estimate of drug-likeness (QED) is 0.724. The summed E-state index contributed by atoms with van der Waals surface area (Å²) in [6, 6.07) is 15.2. The van der Waals surface area contributed by atoms with Gasteiger partial charge in [0.25, 0.3) is 5.89 Å². The summed E-state index contributed by atoms with van der Waals surface area (Å²) in [7, 11) is 1.95. The van der Waals surface area contributed by atoms with Gasteiger partial charge in [-0.2, -0.15) is 4.98 Å². The van der Waals surface area contributed by atoms with E-state index in [9.17, 15) is 5.11 Å². The first-order chi connectivity index (χ1) is 9.72. The Kier molecular flexibility index (Phi) is 3.25. The van der Waals surface area contributed by atoms with Crippen LogP contribution in [0.15, 0.2) is 53.1 Å². The van der Waals surface area contributed by atoms with Crippen molar-refractivity contribution in [3.63, 3.8) is 0 Å². The van der Waals surface area contributed by atoms with Gasteiger partial charge in [-0.05, 0) is 11.6 Å². The number of phenols is 1. The second-order valence-corrected chi connectivity index (χ2v) is 4.70. The average Bonchev–Trinajstić information content (AvgIpc) is 2.91. The third-order valence-electron chi connectivity index (χ3n) is 3.06. The molecule has 0 saturated carbocycles. The Bertz CT molecular complexity index is 726. The third kappa shape index (κ3) is 2.57. The molecule has 0 saturated heterocycles. The van der Waals surface area contributed by atoms with Crippen molar-refractivity contribution >= 4 is 13.3 Å². The lowest BCUT2D eigenvalue weighted by molar-refractivity contribution is 0.418. The summed E-state index contributed by atoms with van der Waals surface area (Å²) in [6.07, 6.45) is 0.608. The number of aromatic hydroxyl groups is 1. The molecule has 0 aliphatic rings. The predicted octanol–water partition coefficient (Wildman–Crippen LogP) is 1.29. The zero-order valence-corrected chi connectivity index (χ0v) is 11.1. The molecule has 2 aromatic carbocycles. The van der Waals surface area contributed by atoms with Gasteiger partial charge in [0.2, 0.25) is 0 Å². The highest BCUT2D eigenvalue weighted by Gasteiger charge is 2.13. The lowest BCUT2D eigenvalue weighted by atomic mass is 9.94. The largest absolute Gasteiger partial charge is 0.507 e. The van der Waals surface area contributed by atoms with E-state index in [4.69, 9.17) is 4.52 Å². The van der Waals surface area contributed by atoms with Crippen molar-refractivity contribution in [3.8, 4) is 17.2 Å². The Morgan fingerprint density at radius 1 is 1.10 bits per heavy atom. The monoisotopic (exact) mass is 264 g/mol. The molecule has 0 radical (unpaired) electrons. The zero-order chi connectivity index (χ0) is 13.9. The highest BCUT2D eigenvalue weighted by molar-refractivity contribution is 6.32. The van der Waals surface area contributed by atoms with Crippen molar-refractivity contribution in [2.45, 2.75) is 6.42 Å². The van der Waals surface area contributed by atoms with Gasteiger partial charge in [-0.1, -0.05) is 53.1 Å². The first kappa shape index (κ1) is 12.5. The van der Waals surface area contributed by atoms with Gasteiger partial charge in [-0.25, -0.2) is 0 Å². The minimum Gasteiger partial charge on any atom is -0.507 e. The highest BCUT2D eigenvalue weighted by atomic mass is 16.5. The molecule has 0 fully saturated rings. The minimum atomic E-state index is 0.144. The summed E-state index contributed by atoms with van der Waals surface area (Å²) in [6.45, 7) is 0. The second kappa shape index (κ2) is 5.21. The number of benzene rings is 2. The zero-order valence-electron chi connectivity index (χ0n) is 11.1. The van der Waals surface area contributed by atoms with Gasteiger partial charge in [-0.3, -0.25) is 0 Å². The third-order valence-corrected chi connectivity index (χ3v) is 3.06. The lowest BCUT2D eigenvalue weighted by Gasteiger charge is -2.00. The summed E-state index contributed by atoms with van der Waals surface area (Å²) in [5, 5.41) is 13.8. The van der Waals surface area contributed by atoms with E-state index in [1.54, 1.807) is 6.07 Å². The van der Waals surface area contributed by atoms with E-state index in [0.29, 0.717) is 23.7 Å². The molecule has 0 atom stereocenters. The van der Waals surface area contributed by atoms with Crippen LogP contribution in [0.4, 0.5) is 0 Å². The van der Waals surface area contributed by atoms with Crippen LogP contribution in [0.2, 0.25) is 0 Å². The number of phenolic OH excluding ortho intramolecular Hbond substituents is 1. The SMILES string of the molecule is Bc1ccc(O)c(-c2nc(Cc3ccccc3)no2)c1. The first-order valence-electron chi connectivity index (χ1n) is 6.39. The molecule has 98 valence electrons. The molecule has 20 heavy (non-hydrogen) atoms. The van der Waals surface area contributed by atoms with E-state index in [1.165, 1.54) is 0 Å². The molecule has 3 rings (SSSR count). The Hall–Kier alpha value is -2.56. The molecular formula is C15H13BN2O2. The van der Waals surface area contributed by atoms with Crippen LogP contribution in [0.5, 0.6) is 5.75 Å². The molecule has 3 aromatic rings. The van der Waals surface area contributed by atoms with Gasteiger partial charge in [0.1, 0.15) is 13.6 Å². The predicted molar refractivity (Wildman–Crippen MR) is 78.8 cm³/mol. The molecule has 0 spiro atoms. The van der Waals surface area contributed by atoms with Crippen molar-refractivity contribution in [1.82, 2.24) is 10.1 Å². The average molecular weight is 264 g/mol. The van der Waals surface area contributed by atoms with Gasteiger partial charge >= 0.3 is 0 Å². The van der Waals surface area contributed by atoms with Crippen LogP contribution >= 0.6 is 0 Å². The molecule has 1 heterocycles. The van der Waals surface area contributed by atoms with Crippen LogP contribution < -0.4 is 5.46 Å². The maximum Gasteiger partial charge on any atom is 0.261 e. The highest BCUT2D eigenvalue weighted by Crippen LogP contribution is 2.26. The van der Waals surface area contributed by atoms with Crippen molar-refractivity contribution in [2.24, 2.45) is 0 Å². The minimum absolute atomic E-state index is 0.144. The fraction of sp³-hybridized carbons (Fsp3) is 0.0667. The topological polar surface area (TPSA) is 59.2 Å². The van der Waals surface area contributed by atoms with Gasteiger partial charge in [0, 0.05) is 6.42 Å². The molecule has 0 aliphatic heterocycles. The van der Waals surface area contributed by atoms with Gasteiger partial charge in [0.05, 0.1) is 5.56 Å². The number of hydrogen-bond acceptors (Lipinski definition) is 4. The van der Waals surface area contributed by atoms with Crippen molar-refractivity contribution < 1.29 is 9.63 Å². The van der Waals surface area contributed by atoms with Gasteiger partial charge < -0.3 is 9.63 Å². The summed E-state index contributed by atoms with van der Waals surface area (Å²) >= 11 is 0. The van der Waals surface area contributed by atoms with Crippen molar-refractivity contribution in [1.29, 1.82) is 0 Å². The molecule has 1 aromatic heterocycles. The normalized spacial score (nSPS) is 10.6. The van der Waals surface area contributed by atoms with E-state index in [2.05, 4.69) is 10.1 Å². The first-order valence-corrected chi connectivity index (χ1v) is 6.39. The van der Waals surface area contributed by atoms with Gasteiger partial charge in [-0.15, -0.1) is 0 Å². The molecule has 0 aliphatic carbocycles. The molecule has 0 amide bonds. The number of rotatable bonds is 3. The number of hydrogen-bond donors (Lipinski definition) is 1. The molecule has 0 unspecified atom stereocenters. The van der Waals surface area contributed by atoms with Crippen molar-refractivity contribution in [2.75, 3.05) is 0 Å². The fourth-order valence-electron chi connectivity index (χ4n) is 2.03. The Labute approximate surface area is 117 Å². The number of nitrogens with zero attached hydrogens (tertiary/aromatic N) is 2. The molecule has 4 nitrogen and oxygen atoms in total. The van der Waals surface area contributed by atoms with E-state index >= 15 is 0 Å². The fourth-order valence-corrected chi connectivity index (χ4v) is 2.03. The molecule has 1 N–H and O–H groups in total. The molecule has 5 heteroatoms. The van der Waals surface area contributed by atoms with Crippen LogP contribution in [0, 0.1) is 0 Å². The van der Waals surface area contributed by atoms with E-state index in [-0.39, 0.29) is 5.75 Å². The van der Waals surface area contributed by atoms with Crippen LogP contribution in [0.1, 0.15) is 11.4 Å². The van der Waals surface area contributed by atoms with Gasteiger partial charge in [0.15, 0.2) is 5.82 Å². The summed E-state index contributed by atoms with van der Waals surface area (Å²) in [5.41, 5.74) is 2.71. The summed E-state index contributed by atoms with van der Waals surface area (Å²) < 4.78 is 5.24. The Morgan fingerprint density at radius 3 is 2.70 bits per heavy atom. The van der Waals surface area contributed by atoms with E-state index < -0.39 is 0 Å². The van der Waals surface area contributed by atoms with Crippen LogP contribution in [0.25, 0.3) is 11.5 Å². The van der Waals surface area contributed by atoms with E-state index in [1.807, 2.05) is 50.3 Å². The standard InChI is InChI=1S/C15H13BN2O2/c16-11-6-7-13(19)12(9-11)15-17-14(18-20-15)8-10-4-2-1-3-5-10/h1-7,9,19H,8,16H2. The Balaban J connectivity index is 1.88. The smallest absolute Gasteiger partial charge is 0.261 e. The van der Waals surface area contributed by atoms with Crippen LogP contribution in [-0.4, -0.2) is 23.1 Å². The van der Waals surface area contributed by atoms with E-state index in [0.717, 1.165) is 11.0 Å². The summed E-state index contributed by atoms with van der Waals surface area (Å²) in [4.78, 5) is 4.34. The number of aromatic nitrogens is 2. The molecule has 0 bridgehead atoms. The summed E-state index contributed by atoms with van der Waals surface area (Å²) in [5.74, 6) is 1.09. The lowest BCUT2D eigenvalue weighted by Crippen LogP contribution is -2.01. The van der Waals surface area contributed by atoms with Crippen LogP contribution in [-0.2, 0) is 6.42 Å². The molecular weight excluding hydrogens is 251 g/mol. The van der Waals surface area contributed by atoms with Crippen molar-refractivity contribution in [3.05, 3.63) is 59.9 Å². The maximum absolute atomic E-state index is 9.86. The van der Waals surface area contributed by atoms with Crippen LogP contribution in [0.3, 0.4) is 0 Å². The maximum atomic E-state index is 9.86. The second-order valence-electron chi connectivity index (χ2n) is 4.70.